The zero-order chi connectivity index (χ0) is 15.0. The average Bonchev–Trinajstić information content (AvgIpc) is 2.67. The maximum atomic E-state index is 11.9. The lowest BCUT2D eigenvalue weighted by Crippen LogP contribution is -2.31. The Hall–Kier alpha value is -1.55. The van der Waals surface area contributed by atoms with Gasteiger partial charge in [0.25, 0.3) is 0 Å². The summed E-state index contributed by atoms with van der Waals surface area (Å²) in [6, 6.07) is 5.51. The summed E-state index contributed by atoms with van der Waals surface area (Å²) in [5.74, 6) is 0.392. The van der Waals surface area contributed by atoms with E-state index in [4.69, 9.17) is 17.3 Å². The van der Waals surface area contributed by atoms with Gasteiger partial charge in [0, 0.05) is 0 Å². The zero-order valence-corrected chi connectivity index (χ0v) is 13.0. The van der Waals surface area contributed by atoms with Crippen LogP contribution in [0.15, 0.2) is 18.2 Å². The molecule has 0 aliphatic heterocycles. The van der Waals surface area contributed by atoms with Gasteiger partial charge in [-0.2, -0.15) is 0 Å². The molecule has 0 aliphatic rings. The van der Waals surface area contributed by atoms with Gasteiger partial charge < -0.3 is 10.3 Å². The van der Waals surface area contributed by atoms with Gasteiger partial charge in [0.05, 0.1) is 16.4 Å². The van der Waals surface area contributed by atoms with Crippen molar-refractivity contribution in [3.8, 4) is 0 Å². The van der Waals surface area contributed by atoms with Crippen LogP contribution in [0.2, 0.25) is 0 Å². The van der Waals surface area contributed by atoms with Gasteiger partial charge in [0.1, 0.15) is 11.9 Å². The monoisotopic (exact) mass is 293 g/mol. The van der Waals surface area contributed by atoms with Gasteiger partial charge in [-0.25, -0.2) is 4.98 Å². The number of hydrogen-bond donors (Lipinski definition) is 1. The Kier molecular flexibility index (Phi) is 4.04. The number of benzene rings is 1. The molecule has 2 aromatic rings. The number of nitrogens with two attached hydrogens (primary N) is 1. The van der Waals surface area contributed by atoms with E-state index in [2.05, 4.69) is 4.98 Å². The molecule has 0 bridgehead atoms. The van der Waals surface area contributed by atoms with Crippen LogP contribution in [0.3, 0.4) is 0 Å². The molecule has 2 unspecified atom stereocenters. The summed E-state index contributed by atoms with van der Waals surface area (Å²) in [5.41, 5.74) is 8.45. The van der Waals surface area contributed by atoms with Crippen molar-refractivity contribution in [1.29, 1.82) is 0 Å². The molecule has 4 nitrogen and oxygen atoms in total. The normalized spacial score (nSPS) is 14.7. The third kappa shape index (κ3) is 2.52. The summed E-state index contributed by atoms with van der Waals surface area (Å²) >= 11 is 6.24. The minimum Gasteiger partial charge on any atom is -0.368 e. The second-order valence-electron chi connectivity index (χ2n) is 5.54. The van der Waals surface area contributed by atoms with E-state index in [0.717, 1.165) is 16.6 Å². The number of aryl methyl sites for hydroxylation is 1. The Morgan fingerprint density at radius 1 is 1.35 bits per heavy atom. The number of halogens is 1. The first-order valence-electron chi connectivity index (χ1n) is 6.74. The Balaban J connectivity index is 2.79. The fraction of sp³-hybridized carbons (Fsp3) is 0.467. The SMILES string of the molecule is Cc1ccc2nc(C(C)Cl)n(C(C(N)=O)C(C)C)c2c1. The van der Waals surface area contributed by atoms with E-state index in [1.165, 1.54) is 0 Å². The quantitative estimate of drug-likeness (QED) is 0.879. The van der Waals surface area contributed by atoms with Gasteiger partial charge in [-0.05, 0) is 37.5 Å². The van der Waals surface area contributed by atoms with Crippen molar-refractivity contribution in [2.24, 2.45) is 11.7 Å². The van der Waals surface area contributed by atoms with Crippen LogP contribution in [-0.4, -0.2) is 15.5 Å². The molecule has 0 saturated carbocycles. The van der Waals surface area contributed by atoms with E-state index in [1.807, 2.05) is 50.5 Å². The van der Waals surface area contributed by atoms with E-state index >= 15 is 0 Å². The van der Waals surface area contributed by atoms with Crippen LogP contribution in [0.5, 0.6) is 0 Å². The molecule has 1 aromatic carbocycles. The lowest BCUT2D eigenvalue weighted by molar-refractivity contribution is -0.122. The third-order valence-electron chi connectivity index (χ3n) is 3.43. The highest BCUT2D eigenvalue weighted by Crippen LogP contribution is 2.31. The summed E-state index contributed by atoms with van der Waals surface area (Å²) in [6.45, 7) is 7.80. The fourth-order valence-electron chi connectivity index (χ4n) is 2.55. The molecule has 1 amide bonds. The van der Waals surface area contributed by atoms with Gasteiger partial charge in [0.2, 0.25) is 5.91 Å². The van der Waals surface area contributed by atoms with E-state index in [-0.39, 0.29) is 17.2 Å². The number of hydrogen-bond acceptors (Lipinski definition) is 2. The average molecular weight is 294 g/mol. The predicted molar refractivity (Wildman–Crippen MR) is 81.8 cm³/mol. The van der Waals surface area contributed by atoms with E-state index in [1.54, 1.807) is 0 Å². The van der Waals surface area contributed by atoms with Gasteiger partial charge in [-0.3, -0.25) is 4.79 Å². The van der Waals surface area contributed by atoms with Crippen molar-refractivity contribution in [2.75, 3.05) is 0 Å². The second-order valence-corrected chi connectivity index (χ2v) is 6.19. The molecule has 2 N–H and O–H groups in total. The number of rotatable bonds is 4. The van der Waals surface area contributed by atoms with Crippen molar-refractivity contribution >= 4 is 28.5 Å². The summed E-state index contributed by atoms with van der Waals surface area (Å²) in [5, 5.41) is -0.289. The Labute approximate surface area is 123 Å². The first kappa shape index (κ1) is 14.9. The zero-order valence-electron chi connectivity index (χ0n) is 12.2. The van der Waals surface area contributed by atoms with E-state index in [0.29, 0.717) is 5.82 Å². The third-order valence-corrected chi connectivity index (χ3v) is 3.62. The first-order valence-corrected chi connectivity index (χ1v) is 7.18. The van der Waals surface area contributed by atoms with Crippen LogP contribution < -0.4 is 5.73 Å². The smallest absolute Gasteiger partial charge is 0.240 e. The number of carbonyl (C=O) groups is 1. The number of primary amides is 1. The Bertz CT molecular complexity index is 646. The molecule has 2 rings (SSSR count). The summed E-state index contributed by atoms with van der Waals surface area (Å²) in [6.07, 6.45) is 0. The van der Waals surface area contributed by atoms with Crippen molar-refractivity contribution in [1.82, 2.24) is 9.55 Å². The van der Waals surface area contributed by atoms with Crippen LogP contribution in [0.4, 0.5) is 0 Å². The molecule has 2 atom stereocenters. The molecular weight excluding hydrogens is 274 g/mol. The van der Waals surface area contributed by atoms with Crippen molar-refractivity contribution in [3.63, 3.8) is 0 Å². The summed E-state index contributed by atoms with van der Waals surface area (Å²) < 4.78 is 1.90. The Morgan fingerprint density at radius 2 is 2.00 bits per heavy atom. The molecule has 0 aliphatic carbocycles. The standard InChI is InChI=1S/C15H20ClN3O/c1-8(2)13(14(17)20)19-12-7-9(3)5-6-11(12)18-15(19)10(4)16/h5-8,10,13H,1-4H3,(H2,17,20). The highest BCUT2D eigenvalue weighted by atomic mass is 35.5. The highest BCUT2D eigenvalue weighted by Gasteiger charge is 2.28. The molecule has 0 saturated heterocycles. The molecule has 1 aromatic heterocycles. The van der Waals surface area contributed by atoms with Gasteiger partial charge >= 0.3 is 0 Å². The molecule has 1 heterocycles. The molecule has 0 spiro atoms. The summed E-state index contributed by atoms with van der Waals surface area (Å²) in [7, 11) is 0. The number of carbonyl (C=O) groups excluding carboxylic acids is 1. The first-order chi connectivity index (χ1) is 9.32. The lowest BCUT2D eigenvalue weighted by Gasteiger charge is -2.23. The van der Waals surface area contributed by atoms with Gasteiger partial charge in [-0.1, -0.05) is 19.9 Å². The Morgan fingerprint density at radius 3 is 2.50 bits per heavy atom. The molecular formula is C15H20ClN3O. The number of imidazole rings is 1. The van der Waals surface area contributed by atoms with Crippen LogP contribution in [0.25, 0.3) is 11.0 Å². The topological polar surface area (TPSA) is 60.9 Å². The van der Waals surface area contributed by atoms with Crippen LogP contribution >= 0.6 is 11.6 Å². The van der Waals surface area contributed by atoms with Crippen molar-refractivity contribution < 1.29 is 4.79 Å². The van der Waals surface area contributed by atoms with E-state index < -0.39 is 6.04 Å². The molecule has 0 fully saturated rings. The minimum atomic E-state index is -0.446. The molecule has 0 radical (unpaired) electrons. The maximum Gasteiger partial charge on any atom is 0.240 e. The lowest BCUT2D eigenvalue weighted by atomic mass is 10.0. The largest absolute Gasteiger partial charge is 0.368 e. The van der Waals surface area contributed by atoms with Crippen LogP contribution in [-0.2, 0) is 4.79 Å². The maximum absolute atomic E-state index is 11.9. The predicted octanol–water partition coefficient (Wildman–Crippen LogP) is 3.33. The number of aromatic nitrogens is 2. The molecule has 108 valence electrons. The van der Waals surface area contributed by atoms with Crippen LogP contribution in [0.1, 0.15) is 43.6 Å². The van der Waals surface area contributed by atoms with Crippen LogP contribution in [0, 0.1) is 12.8 Å². The van der Waals surface area contributed by atoms with Crippen molar-refractivity contribution in [3.05, 3.63) is 29.6 Å². The summed E-state index contributed by atoms with van der Waals surface area (Å²) in [4.78, 5) is 16.4. The minimum absolute atomic E-state index is 0.0691. The number of alkyl halides is 1. The van der Waals surface area contributed by atoms with E-state index in [9.17, 15) is 4.79 Å². The number of fused-ring (bicyclic) bond motifs is 1. The molecule has 5 heteroatoms. The number of amides is 1. The van der Waals surface area contributed by atoms with Gasteiger partial charge in [-0.15, -0.1) is 11.6 Å². The highest BCUT2D eigenvalue weighted by molar-refractivity contribution is 6.20. The number of nitrogens with zero attached hydrogens (tertiary/aromatic N) is 2. The second kappa shape index (κ2) is 5.44. The molecule has 20 heavy (non-hydrogen) atoms. The van der Waals surface area contributed by atoms with Gasteiger partial charge in [0.15, 0.2) is 0 Å². The van der Waals surface area contributed by atoms with Crippen molar-refractivity contribution in [2.45, 2.75) is 39.1 Å². The fourth-order valence-corrected chi connectivity index (χ4v) is 2.70.